The summed E-state index contributed by atoms with van der Waals surface area (Å²) in [5, 5.41) is 3.35. The molecule has 1 aromatic carbocycles. The average Bonchev–Trinajstić information content (AvgIpc) is 2.17. The second kappa shape index (κ2) is 4.19. The minimum Gasteiger partial charge on any atom is -0.366 e. The minimum atomic E-state index is -0.107. The van der Waals surface area contributed by atoms with Crippen LogP contribution in [0.2, 0.25) is 0 Å². The van der Waals surface area contributed by atoms with Crippen LogP contribution < -0.4 is 10.2 Å². The summed E-state index contributed by atoms with van der Waals surface area (Å²) < 4.78 is 13.7. The molecule has 0 spiro atoms. The second-order valence-electron chi connectivity index (χ2n) is 4.26. The largest absolute Gasteiger partial charge is 0.366 e. The molecule has 0 bridgehead atoms. The number of anilines is 1. The van der Waals surface area contributed by atoms with Crippen molar-refractivity contribution < 1.29 is 4.39 Å². The zero-order valence-corrected chi connectivity index (χ0v) is 9.26. The van der Waals surface area contributed by atoms with E-state index in [1.54, 1.807) is 6.07 Å². The van der Waals surface area contributed by atoms with Gasteiger partial charge in [-0.05, 0) is 31.5 Å². The molecule has 1 atom stereocenters. The van der Waals surface area contributed by atoms with Gasteiger partial charge in [-0.15, -0.1) is 0 Å². The van der Waals surface area contributed by atoms with Crippen LogP contribution in [0.1, 0.15) is 12.5 Å². The zero-order valence-electron chi connectivity index (χ0n) is 9.26. The molecule has 82 valence electrons. The molecule has 1 N–H and O–H groups in total. The zero-order chi connectivity index (χ0) is 10.8. The number of aryl methyl sites for hydroxylation is 1. The van der Waals surface area contributed by atoms with E-state index in [1.807, 2.05) is 19.1 Å². The summed E-state index contributed by atoms with van der Waals surface area (Å²) in [6, 6.07) is 5.87. The first-order chi connectivity index (χ1) is 7.16. The van der Waals surface area contributed by atoms with Gasteiger partial charge in [0, 0.05) is 25.7 Å². The topological polar surface area (TPSA) is 15.3 Å². The molecule has 1 aliphatic heterocycles. The van der Waals surface area contributed by atoms with Crippen molar-refractivity contribution in [3.63, 3.8) is 0 Å². The lowest BCUT2D eigenvalue weighted by Gasteiger charge is -2.33. The predicted octanol–water partition coefficient (Wildman–Crippen LogP) is 1.93. The molecule has 1 aromatic rings. The Morgan fingerprint density at radius 2 is 2.27 bits per heavy atom. The monoisotopic (exact) mass is 208 g/mol. The standard InChI is InChI=1S/C12H17FN2/c1-9-3-4-12(11(13)7-9)15-6-5-14-10(2)8-15/h3-4,7,10,14H,5-6,8H2,1-2H3/t10-/m1/s1. The van der Waals surface area contributed by atoms with Crippen LogP contribution in [0.3, 0.4) is 0 Å². The van der Waals surface area contributed by atoms with E-state index >= 15 is 0 Å². The van der Waals surface area contributed by atoms with E-state index in [0.29, 0.717) is 6.04 Å². The number of nitrogens with zero attached hydrogens (tertiary/aromatic N) is 1. The summed E-state index contributed by atoms with van der Waals surface area (Å²) in [4.78, 5) is 2.11. The molecule has 1 heterocycles. The highest BCUT2D eigenvalue weighted by molar-refractivity contribution is 5.49. The van der Waals surface area contributed by atoms with Crippen LogP contribution >= 0.6 is 0 Å². The molecule has 0 saturated carbocycles. The van der Waals surface area contributed by atoms with Crippen molar-refractivity contribution in [2.45, 2.75) is 19.9 Å². The minimum absolute atomic E-state index is 0.107. The molecule has 1 aliphatic rings. The van der Waals surface area contributed by atoms with Gasteiger partial charge in [0.15, 0.2) is 0 Å². The van der Waals surface area contributed by atoms with Crippen molar-refractivity contribution in [2.75, 3.05) is 24.5 Å². The fourth-order valence-corrected chi connectivity index (χ4v) is 2.02. The summed E-state index contributed by atoms with van der Waals surface area (Å²) in [7, 11) is 0. The van der Waals surface area contributed by atoms with Crippen LogP contribution in [-0.2, 0) is 0 Å². The van der Waals surface area contributed by atoms with Crippen LogP contribution in [0, 0.1) is 12.7 Å². The van der Waals surface area contributed by atoms with Crippen LogP contribution in [-0.4, -0.2) is 25.7 Å². The highest BCUT2D eigenvalue weighted by Gasteiger charge is 2.18. The van der Waals surface area contributed by atoms with Crippen molar-refractivity contribution >= 4 is 5.69 Å². The average molecular weight is 208 g/mol. The summed E-state index contributed by atoms with van der Waals surface area (Å²) in [5.74, 6) is -0.107. The molecular weight excluding hydrogens is 191 g/mol. The Morgan fingerprint density at radius 3 is 2.93 bits per heavy atom. The van der Waals surface area contributed by atoms with Gasteiger partial charge in [0.25, 0.3) is 0 Å². The lowest BCUT2D eigenvalue weighted by molar-refractivity contribution is 0.478. The fourth-order valence-electron chi connectivity index (χ4n) is 2.02. The predicted molar refractivity (Wildman–Crippen MR) is 60.8 cm³/mol. The first-order valence-corrected chi connectivity index (χ1v) is 5.41. The van der Waals surface area contributed by atoms with Crippen LogP contribution in [0.15, 0.2) is 18.2 Å². The third-order valence-electron chi connectivity index (χ3n) is 2.81. The number of hydrogen-bond acceptors (Lipinski definition) is 2. The number of halogens is 1. The maximum Gasteiger partial charge on any atom is 0.146 e. The van der Waals surface area contributed by atoms with Gasteiger partial charge in [-0.1, -0.05) is 6.07 Å². The summed E-state index contributed by atoms with van der Waals surface area (Å²) in [5.41, 5.74) is 1.70. The van der Waals surface area contributed by atoms with Gasteiger partial charge < -0.3 is 10.2 Å². The summed E-state index contributed by atoms with van der Waals surface area (Å²) in [6.45, 7) is 6.71. The molecular formula is C12H17FN2. The second-order valence-corrected chi connectivity index (χ2v) is 4.26. The number of benzene rings is 1. The lowest BCUT2D eigenvalue weighted by atomic mass is 10.1. The number of rotatable bonds is 1. The van der Waals surface area contributed by atoms with E-state index in [2.05, 4.69) is 17.1 Å². The molecule has 3 heteroatoms. The van der Waals surface area contributed by atoms with Gasteiger partial charge in [-0.3, -0.25) is 0 Å². The maximum absolute atomic E-state index is 13.7. The smallest absolute Gasteiger partial charge is 0.146 e. The van der Waals surface area contributed by atoms with Crippen molar-refractivity contribution in [2.24, 2.45) is 0 Å². The highest BCUT2D eigenvalue weighted by Crippen LogP contribution is 2.21. The summed E-state index contributed by atoms with van der Waals surface area (Å²) >= 11 is 0. The molecule has 0 unspecified atom stereocenters. The molecule has 1 saturated heterocycles. The first-order valence-electron chi connectivity index (χ1n) is 5.41. The Kier molecular flexibility index (Phi) is 2.91. The van der Waals surface area contributed by atoms with E-state index in [4.69, 9.17) is 0 Å². The Balaban J connectivity index is 2.21. The van der Waals surface area contributed by atoms with Gasteiger partial charge in [0.05, 0.1) is 5.69 Å². The van der Waals surface area contributed by atoms with E-state index in [9.17, 15) is 4.39 Å². The van der Waals surface area contributed by atoms with Crippen molar-refractivity contribution in [1.29, 1.82) is 0 Å². The Labute approximate surface area is 90.1 Å². The normalized spacial score (nSPS) is 21.8. The van der Waals surface area contributed by atoms with E-state index in [-0.39, 0.29) is 5.82 Å². The van der Waals surface area contributed by atoms with Gasteiger partial charge >= 0.3 is 0 Å². The molecule has 0 radical (unpaired) electrons. The van der Waals surface area contributed by atoms with Gasteiger partial charge in [0.2, 0.25) is 0 Å². The molecule has 0 amide bonds. The van der Waals surface area contributed by atoms with E-state index < -0.39 is 0 Å². The highest BCUT2D eigenvalue weighted by atomic mass is 19.1. The first kappa shape index (κ1) is 10.4. The molecule has 1 fully saturated rings. The number of hydrogen-bond donors (Lipinski definition) is 1. The van der Waals surface area contributed by atoms with Crippen molar-refractivity contribution in [1.82, 2.24) is 5.32 Å². The molecule has 2 nitrogen and oxygen atoms in total. The van der Waals surface area contributed by atoms with Gasteiger partial charge in [-0.25, -0.2) is 4.39 Å². The quantitative estimate of drug-likeness (QED) is 0.758. The van der Waals surface area contributed by atoms with Crippen molar-refractivity contribution in [3.8, 4) is 0 Å². The Morgan fingerprint density at radius 1 is 1.47 bits per heavy atom. The number of nitrogens with one attached hydrogen (secondary N) is 1. The maximum atomic E-state index is 13.7. The SMILES string of the molecule is Cc1ccc(N2CCN[C@H](C)C2)c(F)c1. The molecule has 0 aromatic heterocycles. The molecule has 2 rings (SSSR count). The van der Waals surface area contributed by atoms with Gasteiger partial charge in [-0.2, -0.15) is 0 Å². The van der Waals surface area contributed by atoms with Crippen LogP contribution in [0.4, 0.5) is 10.1 Å². The third kappa shape index (κ3) is 2.29. The van der Waals surface area contributed by atoms with E-state index in [1.165, 1.54) is 0 Å². The van der Waals surface area contributed by atoms with Crippen molar-refractivity contribution in [3.05, 3.63) is 29.6 Å². The Bertz CT molecular complexity index is 351. The fraction of sp³-hybridized carbons (Fsp3) is 0.500. The van der Waals surface area contributed by atoms with Crippen LogP contribution in [0.25, 0.3) is 0 Å². The number of piperazine rings is 1. The Hall–Kier alpha value is -1.09. The third-order valence-corrected chi connectivity index (χ3v) is 2.81. The summed E-state index contributed by atoms with van der Waals surface area (Å²) in [6.07, 6.45) is 0. The van der Waals surface area contributed by atoms with Gasteiger partial charge in [0.1, 0.15) is 5.82 Å². The van der Waals surface area contributed by atoms with E-state index in [0.717, 1.165) is 30.9 Å². The molecule has 0 aliphatic carbocycles. The lowest BCUT2D eigenvalue weighted by Crippen LogP contribution is -2.49. The molecule has 15 heavy (non-hydrogen) atoms. The van der Waals surface area contributed by atoms with Crippen LogP contribution in [0.5, 0.6) is 0 Å².